The van der Waals surface area contributed by atoms with Crippen LogP contribution in [0.2, 0.25) is 0 Å². The molecule has 1 fully saturated rings. The van der Waals surface area contributed by atoms with E-state index in [-0.39, 0.29) is 30.6 Å². The molecule has 2 amide bonds. The van der Waals surface area contributed by atoms with Crippen LogP contribution in [-0.4, -0.2) is 46.4 Å². The van der Waals surface area contributed by atoms with Crippen LogP contribution in [0.1, 0.15) is 6.42 Å². The molecule has 10 heteroatoms. The van der Waals surface area contributed by atoms with Crippen LogP contribution >= 0.6 is 0 Å². The maximum Gasteiger partial charge on any atom is 0.227 e. The quantitative estimate of drug-likeness (QED) is 0.466. The van der Waals surface area contributed by atoms with Gasteiger partial charge in [0.05, 0.1) is 5.92 Å². The predicted octanol–water partition coefficient (Wildman–Crippen LogP) is 2.34. The Labute approximate surface area is 184 Å². The summed E-state index contributed by atoms with van der Waals surface area (Å²) in [6.07, 6.45) is 3.24. The number of benzene rings is 1. The van der Waals surface area contributed by atoms with Crippen LogP contribution in [0.25, 0.3) is 0 Å². The van der Waals surface area contributed by atoms with E-state index in [2.05, 4.69) is 30.9 Å². The second-order valence-electron chi connectivity index (χ2n) is 7.23. The highest BCUT2D eigenvalue weighted by molar-refractivity contribution is 6.00. The third kappa shape index (κ3) is 5.34. The van der Waals surface area contributed by atoms with E-state index < -0.39 is 5.92 Å². The number of aromatic nitrogens is 3. The summed E-state index contributed by atoms with van der Waals surface area (Å²) >= 11 is 0. The van der Waals surface area contributed by atoms with Gasteiger partial charge in [0.15, 0.2) is 0 Å². The van der Waals surface area contributed by atoms with Gasteiger partial charge in [-0.2, -0.15) is 0 Å². The number of halogens is 1. The smallest absolute Gasteiger partial charge is 0.227 e. The van der Waals surface area contributed by atoms with Crippen molar-refractivity contribution >= 4 is 35.0 Å². The minimum atomic E-state index is -0.444. The van der Waals surface area contributed by atoms with E-state index in [1.165, 1.54) is 35.5 Å². The first-order chi connectivity index (χ1) is 15.6. The molecule has 0 spiro atoms. The largest absolute Gasteiger partial charge is 0.368 e. The van der Waals surface area contributed by atoms with E-state index in [0.717, 1.165) is 0 Å². The van der Waals surface area contributed by atoms with Gasteiger partial charge < -0.3 is 20.9 Å². The van der Waals surface area contributed by atoms with Gasteiger partial charge in [0.2, 0.25) is 11.8 Å². The number of carbonyl (C=O) groups excluding carboxylic acids is 2. The molecule has 9 nitrogen and oxygen atoms in total. The van der Waals surface area contributed by atoms with Crippen molar-refractivity contribution in [2.45, 2.75) is 6.42 Å². The van der Waals surface area contributed by atoms with Gasteiger partial charge in [0, 0.05) is 44.0 Å². The fourth-order valence-corrected chi connectivity index (χ4v) is 3.36. The van der Waals surface area contributed by atoms with Crippen LogP contribution in [0.15, 0.2) is 61.1 Å². The number of pyridine rings is 1. The van der Waals surface area contributed by atoms with Crippen molar-refractivity contribution in [2.75, 3.05) is 35.2 Å². The van der Waals surface area contributed by atoms with E-state index in [0.29, 0.717) is 36.2 Å². The summed E-state index contributed by atoms with van der Waals surface area (Å²) in [6.45, 7) is 1.10. The highest BCUT2D eigenvalue weighted by atomic mass is 19.1. The lowest BCUT2D eigenvalue weighted by atomic mass is 10.1. The summed E-state index contributed by atoms with van der Waals surface area (Å²) in [4.78, 5) is 38.8. The second-order valence-corrected chi connectivity index (χ2v) is 7.23. The van der Waals surface area contributed by atoms with Crippen molar-refractivity contribution in [3.8, 4) is 0 Å². The Kier molecular flexibility index (Phi) is 6.49. The average molecular weight is 435 g/mol. The van der Waals surface area contributed by atoms with Crippen LogP contribution in [0.3, 0.4) is 0 Å². The standard InChI is InChI=1S/C22H22FN7O2/c23-16-4-6-17(7-5-16)30-13-15(11-21(30)31)22(32)26-10-9-25-19-12-20(28-14-27-19)29-18-3-1-2-8-24-18/h1-8,12,14-15H,9-11,13H2,(H,26,32)(H2,24,25,27,28,29). The summed E-state index contributed by atoms with van der Waals surface area (Å²) in [5.74, 6) is 0.715. The molecule has 1 unspecified atom stereocenters. The molecule has 1 aliphatic heterocycles. The lowest BCUT2D eigenvalue weighted by molar-refractivity contribution is -0.126. The Morgan fingerprint density at radius 1 is 1.03 bits per heavy atom. The molecule has 1 aliphatic rings. The zero-order valence-electron chi connectivity index (χ0n) is 17.2. The van der Waals surface area contributed by atoms with Crippen molar-refractivity contribution in [1.82, 2.24) is 20.3 Å². The fraction of sp³-hybridized carbons (Fsp3) is 0.227. The van der Waals surface area contributed by atoms with E-state index in [9.17, 15) is 14.0 Å². The second kappa shape index (κ2) is 9.82. The van der Waals surface area contributed by atoms with Crippen LogP contribution in [0.5, 0.6) is 0 Å². The van der Waals surface area contributed by atoms with Gasteiger partial charge in [0.25, 0.3) is 0 Å². The van der Waals surface area contributed by atoms with Crippen molar-refractivity contribution < 1.29 is 14.0 Å². The molecule has 32 heavy (non-hydrogen) atoms. The van der Waals surface area contributed by atoms with Crippen LogP contribution in [-0.2, 0) is 9.59 Å². The number of hydrogen-bond donors (Lipinski definition) is 3. The molecule has 1 atom stereocenters. The summed E-state index contributed by atoms with van der Waals surface area (Å²) in [7, 11) is 0. The van der Waals surface area contributed by atoms with Crippen molar-refractivity contribution in [3.05, 3.63) is 66.9 Å². The van der Waals surface area contributed by atoms with Gasteiger partial charge in [-0.25, -0.2) is 19.3 Å². The summed E-state index contributed by atoms with van der Waals surface area (Å²) in [5.41, 5.74) is 0.590. The lowest BCUT2D eigenvalue weighted by Gasteiger charge is -2.16. The van der Waals surface area contributed by atoms with Crippen molar-refractivity contribution in [3.63, 3.8) is 0 Å². The lowest BCUT2D eigenvalue weighted by Crippen LogP contribution is -2.35. The molecule has 1 aromatic carbocycles. The van der Waals surface area contributed by atoms with Gasteiger partial charge in [-0.15, -0.1) is 0 Å². The molecule has 0 saturated carbocycles. The van der Waals surface area contributed by atoms with Crippen LogP contribution in [0, 0.1) is 11.7 Å². The molecule has 0 bridgehead atoms. The summed E-state index contributed by atoms with van der Waals surface area (Å²) in [6, 6.07) is 12.9. The van der Waals surface area contributed by atoms with Gasteiger partial charge in [0.1, 0.15) is 29.6 Å². The Bertz CT molecular complexity index is 1080. The zero-order valence-corrected chi connectivity index (χ0v) is 17.2. The Balaban J connectivity index is 1.23. The summed E-state index contributed by atoms with van der Waals surface area (Å²) in [5, 5.41) is 9.05. The van der Waals surface area contributed by atoms with Crippen molar-refractivity contribution in [1.29, 1.82) is 0 Å². The van der Waals surface area contributed by atoms with Crippen LogP contribution in [0.4, 0.5) is 27.5 Å². The molecule has 0 aliphatic carbocycles. The van der Waals surface area contributed by atoms with Crippen molar-refractivity contribution in [2.24, 2.45) is 5.92 Å². The minimum absolute atomic E-state index is 0.130. The molecule has 164 valence electrons. The molecule has 1 saturated heterocycles. The number of rotatable bonds is 8. The van der Waals surface area contributed by atoms with E-state index in [4.69, 9.17) is 0 Å². The Hall–Kier alpha value is -4.08. The average Bonchev–Trinajstić information content (AvgIpc) is 3.20. The maximum atomic E-state index is 13.1. The first kappa shape index (κ1) is 21.2. The number of nitrogens with zero attached hydrogens (tertiary/aromatic N) is 4. The molecular weight excluding hydrogens is 413 g/mol. The molecule has 3 heterocycles. The Morgan fingerprint density at radius 2 is 1.84 bits per heavy atom. The van der Waals surface area contributed by atoms with Gasteiger partial charge >= 0.3 is 0 Å². The van der Waals surface area contributed by atoms with E-state index >= 15 is 0 Å². The molecule has 3 aromatic rings. The maximum absolute atomic E-state index is 13.1. The minimum Gasteiger partial charge on any atom is -0.368 e. The molecule has 3 N–H and O–H groups in total. The van der Waals surface area contributed by atoms with Gasteiger partial charge in [-0.1, -0.05) is 6.07 Å². The van der Waals surface area contributed by atoms with Crippen LogP contribution < -0.4 is 20.9 Å². The zero-order chi connectivity index (χ0) is 22.3. The highest BCUT2D eigenvalue weighted by Gasteiger charge is 2.34. The number of anilines is 4. The molecule has 2 aromatic heterocycles. The number of amides is 2. The predicted molar refractivity (Wildman–Crippen MR) is 118 cm³/mol. The fourth-order valence-electron chi connectivity index (χ4n) is 3.36. The number of nitrogens with one attached hydrogen (secondary N) is 3. The molecule has 0 radical (unpaired) electrons. The monoisotopic (exact) mass is 435 g/mol. The highest BCUT2D eigenvalue weighted by Crippen LogP contribution is 2.25. The third-order valence-corrected chi connectivity index (χ3v) is 4.95. The normalized spacial score (nSPS) is 15.5. The Morgan fingerprint density at radius 3 is 2.62 bits per heavy atom. The first-order valence-electron chi connectivity index (χ1n) is 10.2. The van der Waals surface area contributed by atoms with E-state index in [1.54, 1.807) is 12.3 Å². The molecular formula is C22H22FN7O2. The number of carbonyl (C=O) groups is 2. The van der Waals surface area contributed by atoms with Gasteiger partial charge in [-0.3, -0.25) is 9.59 Å². The summed E-state index contributed by atoms with van der Waals surface area (Å²) < 4.78 is 13.1. The topological polar surface area (TPSA) is 112 Å². The van der Waals surface area contributed by atoms with Gasteiger partial charge in [-0.05, 0) is 36.4 Å². The van der Waals surface area contributed by atoms with E-state index in [1.807, 2.05) is 18.2 Å². The SMILES string of the molecule is O=C(NCCNc1cc(Nc2ccccn2)ncn1)C1CC(=O)N(c2ccc(F)cc2)C1. The first-order valence-corrected chi connectivity index (χ1v) is 10.2. The number of hydrogen-bond acceptors (Lipinski definition) is 7. The molecule has 4 rings (SSSR count). The third-order valence-electron chi connectivity index (χ3n) is 4.95.